The van der Waals surface area contributed by atoms with Crippen molar-refractivity contribution in [2.24, 2.45) is 0 Å². The number of methoxy groups -OCH3 is 1. The molecule has 33 heavy (non-hydrogen) atoms. The molecule has 6 nitrogen and oxygen atoms in total. The number of anilines is 1. The molecule has 0 amide bonds. The number of fused-ring (bicyclic) bond motifs is 1. The third-order valence-corrected chi connectivity index (χ3v) is 7.42. The lowest BCUT2D eigenvalue weighted by atomic mass is 10.1. The molecule has 2 heterocycles. The average Bonchev–Trinajstić information content (AvgIpc) is 3.48. The van der Waals surface area contributed by atoms with E-state index in [2.05, 4.69) is 15.7 Å². The Morgan fingerprint density at radius 2 is 2.06 bits per heavy atom. The molecule has 180 valence electrons. The van der Waals surface area contributed by atoms with E-state index in [1.165, 1.54) is 22.7 Å². The van der Waals surface area contributed by atoms with Crippen LogP contribution in [0.5, 0.6) is 0 Å². The first-order chi connectivity index (χ1) is 15.8. The number of aryl methyl sites for hydroxylation is 2. The van der Waals surface area contributed by atoms with E-state index in [-0.39, 0.29) is 11.9 Å². The van der Waals surface area contributed by atoms with E-state index in [4.69, 9.17) is 17.0 Å². The number of nitrogens with zero attached hydrogens (tertiary/aromatic N) is 2. The van der Waals surface area contributed by atoms with Crippen molar-refractivity contribution in [2.75, 3.05) is 19.0 Å². The first kappa shape index (κ1) is 24.0. The van der Waals surface area contributed by atoms with Gasteiger partial charge in [0.05, 0.1) is 12.7 Å². The molecule has 2 aliphatic rings. The van der Waals surface area contributed by atoms with Crippen LogP contribution in [0.2, 0.25) is 0 Å². The summed E-state index contributed by atoms with van der Waals surface area (Å²) in [6, 6.07) is 1.17. The third-order valence-electron chi connectivity index (χ3n) is 5.97. The fourth-order valence-electron chi connectivity index (χ4n) is 4.18. The van der Waals surface area contributed by atoms with E-state index in [0.29, 0.717) is 40.9 Å². The molecule has 0 unspecified atom stereocenters. The molecular formula is C22H27F3N4O2S2. The normalized spacial score (nSPS) is 16.1. The molecule has 2 aromatic rings. The summed E-state index contributed by atoms with van der Waals surface area (Å²) in [7, 11) is 1.37. The van der Waals surface area contributed by atoms with Crippen LogP contribution >= 0.6 is 23.6 Å². The van der Waals surface area contributed by atoms with Crippen molar-refractivity contribution in [2.45, 2.75) is 70.0 Å². The predicted molar refractivity (Wildman–Crippen MR) is 125 cm³/mol. The van der Waals surface area contributed by atoms with Gasteiger partial charge in [0, 0.05) is 29.6 Å². The quantitative estimate of drug-likeness (QED) is 0.234. The van der Waals surface area contributed by atoms with E-state index < -0.39 is 11.9 Å². The monoisotopic (exact) mass is 500 g/mol. The number of nitrogens with one attached hydrogen (secondary N) is 2. The molecule has 2 aromatic heterocycles. The van der Waals surface area contributed by atoms with Crippen molar-refractivity contribution in [3.63, 3.8) is 0 Å². The van der Waals surface area contributed by atoms with Crippen LogP contribution in [0, 0.1) is 0 Å². The minimum absolute atomic E-state index is 0.176. The van der Waals surface area contributed by atoms with Crippen LogP contribution in [0.4, 0.5) is 18.2 Å². The second kappa shape index (κ2) is 10.0. The highest BCUT2D eigenvalue weighted by atomic mass is 32.1. The number of carbonyl (C=O) groups excluding carboxylic acids is 1. The summed E-state index contributed by atoms with van der Waals surface area (Å²) in [4.78, 5) is 13.6. The average molecular weight is 501 g/mol. The highest BCUT2D eigenvalue weighted by molar-refractivity contribution is 7.80. The van der Waals surface area contributed by atoms with Crippen LogP contribution < -0.4 is 10.6 Å². The minimum atomic E-state index is -4.44. The zero-order chi connectivity index (χ0) is 23.6. The van der Waals surface area contributed by atoms with E-state index in [1.807, 2.05) is 0 Å². The number of rotatable bonds is 7. The maximum atomic E-state index is 13.0. The van der Waals surface area contributed by atoms with E-state index in [1.54, 1.807) is 11.3 Å². The zero-order valence-electron chi connectivity index (χ0n) is 18.4. The van der Waals surface area contributed by atoms with Crippen LogP contribution in [0.15, 0.2) is 6.07 Å². The first-order valence-electron chi connectivity index (χ1n) is 11.2. The van der Waals surface area contributed by atoms with Crippen molar-refractivity contribution in [3.05, 3.63) is 33.5 Å². The molecule has 11 heteroatoms. The summed E-state index contributed by atoms with van der Waals surface area (Å²) in [6.07, 6.45) is 3.02. The minimum Gasteiger partial charge on any atom is -0.465 e. The van der Waals surface area contributed by atoms with Gasteiger partial charge in [-0.2, -0.15) is 18.3 Å². The van der Waals surface area contributed by atoms with E-state index in [0.717, 1.165) is 50.5 Å². The summed E-state index contributed by atoms with van der Waals surface area (Å²) >= 11 is 6.95. The van der Waals surface area contributed by atoms with Crippen molar-refractivity contribution in [3.8, 4) is 0 Å². The number of thiocarbonyl (C=S) groups is 1. The molecule has 0 bridgehead atoms. The lowest BCUT2D eigenvalue weighted by molar-refractivity contribution is -0.141. The molecule has 0 atom stereocenters. The van der Waals surface area contributed by atoms with Gasteiger partial charge >= 0.3 is 12.1 Å². The Bertz CT molecular complexity index is 1030. The maximum absolute atomic E-state index is 13.0. The van der Waals surface area contributed by atoms with E-state index in [9.17, 15) is 18.0 Å². The highest BCUT2D eigenvalue weighted by Gasteiger charge is 2.37. The Morgan fingerprint density at radius 3 is 2.76 bits per heavy atom. The Morgan fingerprint density at radius 1 is 1.30 bits per heavy atom. The maximum Gasteiger partial charge on any atom is 0.435 e. The summed E-state index contributed by atoms with van der Waals surface area (Å²) in [5.41, 5.74) is 1.45. The Balaban J connectivity index is 1.34. The van der Waals surface area contributed by atoms with Crippen LogP contribution in [0.3, 0.4) is 0 Å². The topological polar surface area (TPSA) is 68.2 Å². The van der Waals surface area contributed by atoms with Crippen LogP contribution in [-0.2, 0) is 30.3 Å². The Kier molecular flexibility index (Phi) is 7.28. The number of hydrogen-bond acceptors (Lipinski definition) is 5. The van der Waals surface area contributed by atoms with Crippen molar-refractivity contribution in [1.82, 2.24) is 15.1 Å². The number of thiophene rings is 1. The summed E-state index contributed by atoms with van der Waals surface area (Å²) in [6.45, 7) is 0.841. The van der Waals surface area contributed by atoms with Gasteiger partial charge in [-0.15, -0.1) is 11.3 Å². The Labute approximate surface area is 199 Å². The fraction of sp³-hybridized carbons (Fsp3) is 0.591. The molecule has 0 aliphatic heterocycles. The summed E-state index contributed by atoms with van der Waals surface area (Å²) < 4.78 is 45.6. The molecule has 1 saturated carbocycles. The van der Waals surface area contributed by atoms with Crippen molar-refractivity contribution >= 4 is 39.6 Å². The number of carbonyl (C=O) groups is 1. The van der Waals surface area contributed by atoms with Gasteiger partial charge in [-0.1, -0.05) is 6.42 Å². The SMILES string of the molecule is COC(=O)c1c(NC(=S)NCCCn2nc(C(F)(F)F)cc2C2CC2)sc2c1CCCCC2. The molecule has 4 rings (SSSR count). The van der Waals surface area contributed by atoms with Gasteiger partial charge in [-0.05, 0) is 68.8 Å². The van der Waals surface area contributed by atoms with Gasteiger partial charge in [0.15, 0.2) is 10.8 Å². The van der Waals surface area contributed by atoms with Gasteiger partial charge in [0.1, 0.15) is 5.00 Å². The number of esters is 1. The van der Waals surface area contributed by atoms with Gasteiger partial charge in [0.25, 0.3) is 0 Å². The van der Waals surface area contributed by atoms with Gasteiger partial charge in [-0.3, -0.25) is 4.68 Å². The first-order valence-corrected chi connectivity index (χ1v) is 12.4. The standard InChI is InChI=1S/C22H27F3N4O2S2/c1-31-20(30)18-14-6-3-2-4-7-16(14)33-19(18)27-21(32)26-10-5-11-29-15(13-8-9-13)12-17(28-29)22(23,24)25/h12-13H,2-11H2,1H3,(H2,26,27,32). The largest absolute Gasteiger partial charge is 0.465 e. The summed E-state index contributed by atoms with van der Waals surface area (Å²) in [5, 5.41) is 11.1. The Hall–Kier alpha value is -2.14. The van der Waals surface area contributed by atoms with E-state index >= 15 is 0 Å². The molecule has 0 spiro atoms. The number of alkyl halides is 3. The number of hydrogen-bond donors (Lipinski definition) is 2. The molecule has 2 aliphatic carbocycles. The second-order valence-electron chi connectivity index (χ2n) is 8.44. The third kappa shape index (κ3) is 5.68. The molecule has 1 fully saturated rings. The summed E-state index contributed by atoms with van der Waals surface area (Å²) in [5.74, 6) is -0.193. The number of ether oxygens (including phenoxy) is 1. The molecule has 0 saturated heterocycles. The van der Waals surface area contributed by atoms with Crippen molar-refractivity contribution < 1.29 is 22.7 Å². The number of halogens is 3. The lowest BCUT2D eigenvalue weighted by Gasteiger charge is -2.12. The fourth-order valence-corrected chi connectivity index (χ4v) is 5.73. The molecular weight excluding hydrogens is 473 g/mol. The van der Waals surface area contributed by atoms with Gasteiger partial charge < -0.3 is 15.4 Å². The molecule has 0 radical (unpaired) electrons. The van der Waals surface area contributed by atoms with Crippen LogP contribution in [0.1, 0.15) is 76.6 Å². The van der Waals surface area contributed by atoms with Crippen molar-refractivity contribution in [1.29, 1.82) is 0 Å². The smallest absolute Gasteiger partial charge is 0.435 e. The zero-order valence-corrected chi connectivity index (χ0v) is 20.0. The predicted octanol–water partition coefficient (Wildman–Crippen LogP) is 5.27. The molecule has 2 N–H and O–H groups in total. The van der Waals surface area contributed by atoms with Gasteiger partial charge in [0.2, 0.25) is 0 Å². The highest BCUT2D eigenvalue weighted by Crippen LogP contribution is 2.42. The van der Waals surface area contributed by atoms with Crippen LogP contribution in [0.25, 0.3) is 0 Å². The molecule has 0 aromatic carbocycles. The number of aromatic nitrogens is 2. The second-order valence-corrected chi connectivity index (χ2v) is 9.96. The van der Waals surface area contributed by atoms with Gasteiger partial charge in [-0.25, -0.2) is 4.79 Å². The lowest BCUT2D eigenvalue weighted by Crippen LogP contribution is -2.30. The van der Waals surface area contributed by atoms with Crippen LogP contribution in [-0.4, -0.2) is 34.5 Å².